The summed E-state index contributed by atoms with van der Waals surface area (Å²) >= 11 is 0. The monoisotopic (exact) mass is 429 g/mol. The van der Waals surface area contributed by atoms with E-state index >= 15 is 0 Å². The maximum atomic E-state index is 10.1. The van der Waals surface area contributed by atoms with Crippen molar-refractivity contribution in [1.29, 1.82) is 0 Å². The van der Waals surface area contributed by atoms with Crippen molar-refractivity contribution in [2.45, 2.75) is 84.0 Å². The van der Waals surface area contributed by atoms with Gasteiger partial charge < -0.3 is 20.6 Å². The Morgan fingerprint density at radius 3 is 1.44 bits per heavy atom. The molecule has 0 rings (SSSR count). The number of unbranched alkanes of at least 4 members (excludes halogenated alkanes) is 10. The van der Waals surface area contributed by atoms with Crippen molar-refractivity contribution in [2.24, 2.45) is 0 Å². The van der Waals surface area contributed by atoms with E-state index in [2.05, 4.69) is 6.92 Å². The molecule has 0 aliphatic carbocycles. The Bertz CT molecular complexity index is 419. The molecule has 0 bridgehead atoms. The molecule has 1 atom stereocenters. The van der Waals surface area contributed by atoms with Crippen LogP contribution in [0.5, 0.6) is 0 Å². The fourth-order valence-corrected chi connectivity index (χ4v) is 1.93. The first-order chi connectivity index (χ1) is 10.7. The van der Waals surface area contributed by atoms with Gasteiger partial charge in [0.15, 0.2) is 0 Å². The van der Waals surface area contributed by atoms with Crippen molar-refractivity contribution in [1.82, 2.24) is 6.15 Å². The second-order valence-corrected chi connectivity index (χ2v) is 8.61. The van der Waals surface area contributed by atoms with Crippen LogP contribution in [-0.2, 0) is 24.1 Å². The van der Waals surface area contributed by atoms with Crippen LogP contribution in [-0.4, -0.2) is 27.7 Å². The molecule has 25 heavy (non-hydrogen) atoms. The molecule has 0 saturated heterocycles. The van der Waals surface area contributed by atoms with Crippen LogP contribution >= 0.6 is 0 Å². The maximum absolute atomic E-state index is 10.1. The number of carboxylic acids is 1. The van der Waals surface area contributed by atoms with Gasteiger partial charge in [0.2, 0.25) is 9.15 Å². The van der Waals surface area contributed by atoms with Crippen molar-refractivity contribution in [3.8, 4) is 0 Å². The van der Waals surface area contributed by atoms with E-state index in [1.54, 1.807) is 0 Å². The Hall–Kier alpha value is 1.09. The summed E-state index contributed by atoms with van der Waals surface area (Å²) in [5.74, 6) is -0.907. The van der Waals surface area contributed by atoms with Crippen LogP contribution in [0.1, 0.15) is 84.0 Å². The maximum Gasteiger partial charge on any atom is 1.00 e. The molecule has 5 N–H and O–H groups in total. The SMILES string of the molecule is CCCCCCCCCCCCCC(=O)[O-].O=S(O)S(=O)(=O)[O-].[K+].[NH4+]. The van der Waals surface area contributed by atoms with E-state index in [1.807, 2.05) is 0 Å². The van der Waals surface area contributed by atoms with Gasteiger partial charge in [-0.3, -0.25) is 4.55 Å². The standard InChI is InChI=1S/C14H28O2.K.H3N.H2O5S2/c1-2-3-4-5-6-7-8-9-10-11-12-13-14(15)16;;;1-6(2)7(3,4)5/h2-13H2,1H3,(H,15,16);;1H3;(H,1,2)(H,3,4,5)/q;+1;;/p-1. The summed E-state index contributed by atoms with van der Waals surface area (Å²) in [7, 11) is -8.23. The molecular weight excluding hydrogens is 397 g/mol. The predicted molar refractivity (Wildman–Crippen MR) is 92.5 cm³/mol. The van der Waals surface area contributed by atoms with Gasteiger partial charge in [0.25, 0.3) is 10.1 Å². The number of hydrogen-bond acceptors (Lipinski definition) is 6. The number of hydrogen-bond donors (Lipinski definition) is 2. The molecule has 0 spiro atoms. The van der Waals surface area contributed by atoms with E-state index in [4.69, 9.17) is 4.55 Å². The molecule has 0 aromatic heterocycles. The Balaban J connectivity index is -0.000000210. The Morgan fingerprint density at radius 2 is 1.20 bits per heavy atom. The zero-order chi connectivity index (χ0) is 18.1. The van der Waals surface area contributed by atoms with Gasteiger partial charge in [0.05, 0.1) is 0 Å². The molecule has 0 fully saturated rings. The van der Waals surface area contributed by atoms with E-state index in [1.165, 1.54) is 57.8 Å². The van der Waals surface area contributed by atoms with Crippen LogP contribution in [0.15, 0.2) is 0 Å². The molecule has 148 valence electrons. The number of carbonyl (C=O) groups is 1. The van der Waals surface area contributed by atoms with Crippen molar-refractivity contribution < 1.29 is 83.0 Å². The van der Waals surface area contributed by atoms with E-state index < -0.39 is 25.2 Å². The molecule has 8 nitrogen and oxygen atoms in total. The van der Waals surface area contributed by atoms with Gasteiger partial charge in [0, 0.05) is 5.97 Å². The Labute approximate surface area is 196 Å². The summed E-state index contributed by atoms with van der Waals surface area (Å²) in [4.78, 5) is 10.1. The fraction of sp³-hybridized carbons (Fsp3) is 0.929. The van der Waals surface area contributed by atoms with Gasteiger partial charge in [-0.1, -0.05) is 71.1 Å². The molecule has 0 heterocycles. The zero-order valence-corrected chi connectivity index (χ0v) is 20.5. The second-order valence-electron chi connectivity index (χ2n) is 5.28. The first kappa shape index (κ1) is 33.7. The summed E-state index contributed by atoms with van der Waals surface area (Å²) in [5, 5.41) is 10.1. The molecule has 0 amide bonds. The van der Waals surface area contributed by atoms with Gasteiger partial charge in [0.1, 0.15) is 0 Å². The quantitative estimate of drug-likeness (QED) is 0.130. The molecule has 11 heteroatoms. The van der Waals surface area contributed by atoms with Crippen molar-refractivity contribution in [3.05, 3.63) is 0 Å². The minimum absolute atomic E-state index is 0. The van der Waals surface area contributed by atoms with Crippen LogP contribution in [0.25, 0.3) is 0 Å². The third kappa shape index (κ3) is 33.1. The van der Waals surface area contributed by atoms with Gasteiger partial charge in [-0.05, 0) is 12.8 Å². The summed E-state index contributed by atoms with van der Waals surface area (Å²) in [6, 6.07) is 0. The number of carboxylic acid groups (broad SMARTS) is 1. The van der Waals surface area contributed by atoms with E-state index in [9.17, 15) is 27.1 Å². The normalized spacial score (nSPS) is 11.3. The molecule has 0 aromatic rings. The van der Waals surface area contributed by atoms with Crippen molar-refractivity contribution in [2.75, 3.05) is 0 Å². The third-order valence-corrected chi connectivity index (χ3v) is 4.56. The predicted octanol–water partition coefficient (Wildman–Crippen LogP) is -0.514. The number of quaternary nitrogens is 1. The molecule has 0 saturated carbocycles. The largest absolute Gasteiger partial charge is 1.00 e. The summed E-state index contributed by atoms with van der Waals surface area (Å²) in [6.07, 6.45) is 14.0. The third-order valence-electron chi connectivity index (χ3n) is 3.16. The van der Waals surface area contributed by atoms with E-state index in [0.29, 0.717) is 0 Å². The second kappa shape index (κ2) is 23.1. The van der Waals surface area contributed by atoms with Crippen LogP contribution in [0.3, 0.4) is 0 Å². The Kier molecular flexibility index (Phi) is 31.1. The van der Waals surface area contributed by atoms with E-state index in [-0.39, 0.29) is 64.0 Å². The van der Waals surface area contributed by atoms with Crippen LogP contribution in [0, 0.1) is 0 Å². The zero-order valence-electron chi connectivity index (χ0n) is 15.7. The average molecular weight is 430 g/mol. The first-order valence-electron chi connectivity index (χ1n) is 7.98. The van der Waals surface area contributed by atoms with Gasteiger partial charge in [-0.15, -0.1) is 0 Å². The molecular formula is C14H32KNO7S2. The number of rotatable bonds is 13. The topological polar surface area (TPSA) is 171 Å². The van der Waals surface area contributed by atoms with Gasteiger partial charge in [-0.2, -0.15) is 0 Å². The summed E-state index contributed by atoms with van der Waals surface area (Å²) in [5.41, 5.74) is 0. The smallest absolute Gasteiger partial charge is 0.736 e. The molecule has 0 aliphatic rings. The number of aliphatic carboxylic acids is 1. The average Bonchev–Trinajstić information content (AvgIpc) is 2.44. The molecule has 0 aromatic carbocycles. The summed E-state index contributed by atoms with van der Waals surface area (Å²) in [6.45, 7) is 2.24. The van der Waals surface area contributed by atoms with Crippen LogP contribution in [0.2, 0.25) is 0 Å². The first-order valence-corrected chi connectivity index (χ1v) is 11.0. The minimum Gasteiger partial charge on any atom is -0.736 e. The van der Waals surface area contributed by atoms with Gasteiger partial charge >= 0.3 is 51.4 Å². The van der Waals surface area contributed by atoms with Crippen molar-refractivity contribution >= 4 is 25.2 Å². The fourth-order valence-electron chi connectivity index (χ4n) is 1.93. The minimum atomic E-state index is -4.96. The van der Waals surface area contributed by atoms with Crippen LogP contribution in [0.4, 0.5) is 0 Å². The van der Waals surface area contributed by atoms with Crippen LogP contribution < -0.4 is 62.6 Å². The Morgan fingerprint density at radius 1 is 0.920 bits per heavy atom. The molecule has 1 unspecified atom stereocenters. The molecule has 0 radical (unpaired) electrons. The van der Waals surface area contributed by atoms with Crippen molar-refractivity contribution in [3.63, 3.8) is 0 Å². The summed E-state index contributed by atoms with van der Waals surface area (Å²) < 4.78 is 44.4. The van der Waals surface area contributed by atoms with Gasteiger partial charge in [-0.25, -0.2) is 12.6 Å². The number of carbonyl (C=O) groups excluding carboxylic acids is 1. The molecule has 0 aliphatic heterocycles. The van der Waals surface area contributed by atoms with E-state index in [0.717, 1.165) is 12.8 Å².